The van der Waals surface area contributed by atoms with Gasteiger partial charge in [0.25, 0.3) is 5.91 Å². The maximum atomic E-state index is 12.6. The van der Waals surface area contributed by atoms with Crippen molar-refractivity contribution in [2.75, 3.05) is 0 Å². The van der Waals surface area contributed by atoms with E-state index in [-0.39, 0.29) is 5.91 Å². The summed E-state index contributed by atoms with van der Waals surface area (Å²) >= 11 is 1.52. The Balaban J connectivity index is 1.60. The molecule has 4 nitrogen and oxygen atoms in total. The van der Waals surface area contributed by atoms with Crippen molar-refractivity contribution in [1.29, 1.82) is 0 Å². The number of aromatic nitrogens is 1. The third-order valence-corrected chi connectivity index (χ3v) is 5.34. The Morgan fingerprint density at radius 1 is 0.963 bits per heavy atom. The molecule has 0 atom stereocenters. The minimum absolute atomic E-state index is 0.264. The second kappa shape index (κ2) is 7.21. The molecule has 3 aromatic carbocycles. The number of aryl methyl sites for hydroxylation is 2. The van der Waals surface area contributed by atoms with E-state index in [4.69, 9.17) is 4.74 Å². The highest BCUT2D eigenvalue weighted by Gasteiger charge is 2.08. The van der Waals surface area contributed by atoms with E-state index in [1.165, 1.54) is 16.9 Å². The first-order chi connectivity index (χ1) is 13.1. The summed E-state index contributed by atoms with van der Waals surface area (Å²) in [5.41, 5.74) is 2.80. The van der Waals surface area contributed by atoms with E-state index in [0.717, 1.165) is 16.0 Å². The van der Waals surface area contributed by atoms with Crippen LogP contribution in [-0.4, -0.2) is 10.5 Å². The second-order valence-electron chi connectivity index (χ2n) is 6.27. The van der Waals surface area contributed by atoms with Crippen molar-refractivity contribution in [2.24, 2.45) is 12.0 Å². The van der Waals surface area contributed by atoms with Gasteiger partial charge in [-0.15, -0.1) is 0 Å². The third kappa shape index (κ3) is 3.68. The zero-order chi connectivity index (χ0) is 18.8. The minimum Gasteiger partial charge on any atom is -0.457 e. The van der Waals surface area contributed by atoms with Crippen LogP contribution in [0.4, 0.5) is 0 Å². The van der Waals surface area contributed by atoms with Crippen molar-refractivity contribution >= 4 is 27.5 Å². The number of amides is 1. The first kappa shape index (κ1) is 17.2. The van der Waals surface area contributed by atoms with Gasteiger partial charge in [0, 0.05) is 12.6 Å². The summed E-state index contributed by atoms with van der Waals surface area (Å²) in [6.45, 7) is 2.06. The molecule has 5 heteroatoms. The summed E-state index contributed by atoms with van der Waals surface area (Å²) in [7, 11) is 1.93. The first-order valence-corrected chi connectivity index (χ1v) is 9.40. The molecule has 4 aromatic rings. The van der Waals surface area contributed by atoms with E-state index in [9.17, 15) is 4.79 Å². The molecule has 0 saturated carbocycles. The number of rotatable bonds is 3. The molecule has 1 aromatic heterocycles. The Labute approximate surface area is 161 Å². The zero-order valence-electron chi connectivity index (χ0n) is 15.0. The van der Waals surface area contributed by atoms with Gasteiger partial charge in [-0.25, -0.2) is 0 Å². The van der Waals surface area contributed by atoms with Crippen LogP contribution in [0, 0.1) is 6.92 Å². The number of ether oxygens (including phenoxy) is 1. The van der Waals surface area contributed by atoms with E-state index < -0.39 is 0 Å². The van der Waals surface area contributed by atoms with Crippen LogP contribution in [0.1, 0.15) is 15.9 Å². The van der Waals surface area contributed by atoms with Gasteiger partial charge in [-0.1, -0.05) is 35.6 Å². The molecule has 0 bridgehead atoms. The van der Waals surface area contributed by atoms with Crippen LogP contribution in [0.15, 0.2) is 77.8 Å². The lowest BCUT2D eigenvalue weighted by atomic mass is 10.2. The van der Waals surface area contributed by atoms with Crippen molar-refractivity contribution in [3.8, 4) is 11.5 Å². The highest BCUT2D eigenvalue weighted by atomic mass is 32.1. The summed E-state index contributed by atoms with van der Waals surface area (Å²) in [5.74, 6) is 1.18. The molecule has 0 aliphatic carbocycles. The van der Waals surface area contributed by atoms with E-state index in [2.05, 4.69) is 30.1 Å². The Morgan fingerprint density at radius 3 is 2.41 bits per heavy atom. The Morgan fingerprint density at radius 2 is 1.67 bits per heavy atom. The van der Waals surface area contributed by atoms with Gasteiger partial charge in [0.05, 0.1) is 10.2 Å². The molecular formula is C22H18N2O2S. The molecule has 27 heavy (non-hydrogen) atoms. The van der Waals surface area contributed by atoms with Crippen molar-refractivity contribution in [2.45, 2.75) is 6.92 Å². The van der Waals surface area contributed by atoms with Crippen LogP contribution in [0.3, 0.4) is 0 Å². The number of nitrogens with zero attached hydrogens (tertiary/aromatic N) is 2. The van der Waals surface area contributed by atoms with Crippen LogP contribution in [0.5, 0.6) is 11.5 Å². The Bertz CT molecular complexity index is 1170. The summed E-state index contributed by atoms with van der Waals surface area (Å²) in [4.78, 5) is 17.6. The highest BCUT2D eigenvalue weighted by molar-refractivity contribution is 7.16. The minimum atomic E-state index is -0.264. The molecule has 4 rings (SSSR count). The smallest absolute Gasteiger partial charge is 0.279 e. The molecule has 0 radical (unpaired) electrons. The maximum Gasteiger partial charge on any atom is 0.279 e. The number of carbonyl (C=O) groups excluding carboxylic acids is 1. The molecule has 1 heterocycles. The molecular weight excluding hydrogens is 356 g/mol. The fraction of sp³-hybridized carbons (Fsp3) is 0.0909. The zero-order valence-corrected chi connectivity index (χ0v) is 15.9. The fourth-order valence-electron chi connectivity index (χ4n) is 2.79. The van der Waals surface area contributed by atoms with Crippen LogP contribution >= 0.6 is 11.3 Å². The van der Waals surface area contributed by atoms with Gasteiger partial charge in [-0.2, -0.15) is 4.99 Å². The van der Waals surface area contributed by atoms with Crippen LogP contribution in [0.25, 0.3) is 10.2 Å². The predicted molar refractivity (Wildman–Crippen MR) is 108 cm³/mol. The summed E-state index contributed by atoms with van der Waals surface area (Å²) in [6, 6.07) is 22.8. The summed E-state index contributed by atoms with van der Waals surface area (Å²) in [6.07, 6.45) is 0. The summed E-state index contributed by atoms with van der Waals surface area (Å²) in [5, 5.41) is 0. The lowest BCUT2D eigenvalue weighted by molar-refractivity contribution is 0.0998. The average Bonchev–Trinajstić information content (AvgIpc) is 2.98. The van der Waals surface area contributed by atoms with Crippen molar-refractivity contribution in [1.82, 2.24) is 4.57 Å². The van der Waals surface area contributed by atoms with Gasteiger partial charge in [0.1, 0.15) is 11.5 Å². The van der Waals surface area contributed by atoms with E-state index in [0.29, 0.717) is 16.1 Å². The van der Waals surface area contributed by atoms with E-state index in [1.807, 2.05) is 41.9 Å². The Kier molecular flexibility index (Phi) is 4.60. The van der Waals surface area contributed by atoms with Crippen LogP contribution in [-0.2, 0) is 7.05 Å². The van der Waals surface area contributed by atoms with Gasteiger partial charge >= 0.3 is 0 Å². The number of para-hydroxylation sites is 1. The van der Waals surface area contributed by atoms with Gasteiger partial charge in [-0.3, -0.25) is 4.79 Å². The number of hydrogen-bond donors (Lipinski definition) is 0. The number of hydrogen-bond acceptors (Lipinski definition) is 3. The molecule has 0 N–H and O–H groups in total. The highest BCUT2D eigenvalue weighted by Crippen LogP contribution is 2.22. The lowest BCUT2D eigenvalue weighted by Gasteiger charge is -2.05. The second-order valence-corrected chi connectivity index (χ2v) is 7.28. The molecule has 0 aliphatic rings. The first-order valence-electron chi connectivity index (χ1n) is 8.58. The third-order valence-electron chi connectivity index (χ3n) is 4.24. The van der Waals surface area contributed by atoms with Gasteiger partial charge in [0.15, 0.2) is 4.80 Å². The van der Waals surface area contributed by atoms with Crippen molar-refractivity contribution in [3.63, 3.8) is 0 Å². The molecule has 134 valence electrons. The average molecular weight is 374 g/mol. The van der Waals surface area contributed by atoms with Crippen molar-refractivity contribution in [3.05, 3.63) is 88.7 Å². The number of thiazole rings is 1. The quantitative estimate of drug-likeness (QED) is 0.502. The SMILES string of the molecule is Cc1ccc2c(c1)sc(=NC(=O)c1ccc(Oc3ccccc3)cc1)n2C. The van der Waals surface area contributed by atoms with Crippen LogP contribution < -0.4 is 9.54 Å². The maximum absolute atomic E-state index is 12.6. The number of benzene rings is 3. The Hall–Kier alpha value is -3.18. The van der Waals surface area contributed by atoms with Crippen LogP contribution in [0.2, 0.25) is 0 Å². The normalized spacial score (nSPS) is 11.7. The predicted octanol–water partition coefficient (Wildman–Crippen LogP) is 5.08. The molecule has 0 fully saturated rings. The van der Waals surface area contributed by atoms with Gasteiger partial charge in [-0.05, 0) is 61.0 Å². The molecule has 0 aliphatic heterocycles. The largest absolute Gasteiger partial charge is 0.457 e. The standard InChI is InChI=1S/C22H18N2O2S/c1-15-8-13-19-20(14-15)27-22(24(19)2)23-21(25)16-9-11-18(12-10-16)26-17-6-4-3-5-7-17/h3-14H,1-2H3. The lowest BCUT2D eigenvalue weighted by Crippen LogP contribution is -2.13. The van der Waals surface area contributed by atoms with Gasteiger partial charge in [0.2, 0.25) is 0 Å². The van der Waals surface area contributed by atoms with E-state index in [1.54, 1.807) is 24.3 Å². The number of fused-ring (bicyclic) bond motifs is 1. The monoisotopic (exact) mass is 374 g/mol. The van der Waals surface area contributed by atoms with E-state index >= 15 is 0 Å². The van der Waals surface area contributed by atoms with Crippen molar-refractivity contribution < 1.29 is 9.53 Å². The fourth-order valence-corrected chi connectivity index (χ4v) is 3.90. The molecule has 1 amide bonds. The summed E-state index contributed by atoms with van der Waals surface area (Å²) < 4.78 is 8.83. The molecule has 0 unspecified atom stereocenters. The number of carbonyl (C=O) groups is 1. The van der Waals surface area contributed by atoms with Gasteiger partial charge < -0.3 is 9.30 Å². The molecule has 0 spiro atoms. The molecule has 0 saturated heterocycles. The topological polar surface area (TPSA) is 43.6 Å².